The van der Waals surface area contributed by atoms with E-state index < -0.39 is 0 Å². The number of aromatic nitrogens is 3. The van der Waals surface area contributed by atoms with Gasteiger partial charge in [0.1, 0.15) is 11.4 Å². The van der Waals surface area contributed by atoms with Crippen molar-refractivity contribution in [1.29, 1.82) is 0 Å². The number of hydrogen-bond donors (Lipinski definition) is 1. The average molecular weight is 353 g/mol. The molecule has 0 fully saturated rings. The second kappa shape index (κ2) is 6.80. The highest BCUT2D eigenvalue weighted by atomic mass is 32.2. The first kappa shape index (κ1) is 17.4. The Morgan fingerprint density at radius 3 is 2.56 bits per heavy atom. The summed E-state index contributed by atoms with van der Waals surface area (Å²) in [6.45, 7) is 7.00. The number of aryl methyl sites for hydroxylation is 1. The van der Waals surface area contributed by atoms with Crippen LogP contribution in [-0.4, -0.2) is 31.8 Å². The molecule has 1 aromatic carbocycles. The van der Waals surface area contributed by atoms with Crippen LogP contribution in [0.25, 0.3) is 10.9 Å². The molecule has 0 aliphatic carbocycles. The van der Waals surface area contributed by atoms with Crippen molar-refractivity contribution < 1.29 is 9.59 Å². The number of ketones is 2. The lowest BCUT2D eigenvalue weighted by Gasteiger charge is -2.11. The molecule has 3 aromatic rings. The normalized spacial score (nSPS) is 12.3. The maximum absolute atomic E-state index is 12.9. The Balaban J connectivity index is 1.91. The smallest absolute Gasteiger partial charge is 0.192 e. The minimum Gasteiger partial charge on any atom is -0.355 e. The molecule has 0 bridgehead atoms. The summed E-state index contributed by atoms with van der Waals surface area (Å²) in [5, 5.41) is 1.37. The van der Waals surface area contributed by atoms with E-state index in [1.807, 2.05) is 45.0 Å². The first-order chi connectivity index (χ1) is 11.9. The molecule has 128 valence electrons. The van der Waals surface area contributed by atoms with E-state index in [-0.39, 0.29) is 16.8 Å². The number of H-pyrrole nitrogens is 1. The van der Waals surface area contributed by atoms with Crippen molar-refractivity contribution in [3.05, 3.63) is 53.1 Å². The highest BCUT2D eigenvalue weighted by molar-refractivity contribution is 8.00. The highest BCUT2D eigenvalue weighted by Gasteiger charge is 2.25. The van der Waals surface area contributed by atoms with Gasteiger partial charge in [-0.15, -0.1) is 0 Å². The minimum absolute atomic E-state index is 0.0348. The number of rotatable bonds is 5. The van der Waals surface area contributed by atoms with E-state index in [0.717, 1.165) is 27.2 Å². The third kappa shape index (κ3) is 3.22. The molecule has 0 radical (unpaired) electrons. The van der Waals surface area contributed by atoms with Crippen LogP contribution in [0.2, 0.25) is 0 Å². The number of aromatic amines is 1. The number of benzene rings is 1. The molecule has 0 aliphatic rings. The standard InChI is InChI=1S/C19H19N3O2S/c1-10-16(12(3)23)11(2)22-17(10)18(24)13(4)25-19-14-7-5-6-8-15(14)20-9-21-19/h5-9,13,22H,1-4H3/t13-/m1/s1. The molecular formula is C19H19N3O2S. The zero-order valence-electron chi connectivity index (χ0n) is 14.6. The lowest BCUT2D eigenvalue weighted by Crippen LogP contribution is -2.15. The molecule has 0 saturated carbocycles. The molecule has 3 rings (SSSR count). The molecule has 1 N–H and O–H groups in total. The summed E-state index contributed by atoms with van der Waals surface area (Å²) >= 11 is 1.40. The van der Waals surface area contributed by atoms with Crippen molar-refractivity contribution in [3.8, 4) is 0 Å². The molecule has 2 heterocycles. The molecule has 0 amide bonds. The molecule has 0 saturated heterocycles. The number of Topliss-reactive ketones (excluding diaryl/α,β-unsaturated/α-hetero) is 2. The lowest BCUT2D eigenvalue weighted by molar-refractivity contribution is 0.0988. The van der Waals surface area contributed by atoms with Gasteiger partial charge in [0.15, 0.2) is 11.6 Å². The van der Waals surface area contributed by atoms with Gasteiger partial charge in [-0.2, -0.15) is 0 Å². The van der Waals surface area contributed by atoms with Crippen molar-refractivity contribution in [3.63, 3.8) is 0 Å². The average Bonchev–Trinajstić information content (AvgIpc) is 2.89. The van der Waals surface area contributed by atoms with Gasteiger partial charge in [-0.3, -0.25) is 9.59 Å². The number of para-hydroxylation sites is 1. The first-order valence-corrected chi connectivity index (χ1v) is 8.88. The Hall–Kier alpha value is -2.47. The number of thioether (sulfide) groups is 1. The topological polar surface area (TPSA) is 75.7 Å². The van der Waals surface area contributed by atoms with E-state index in [4.69, 9.17) is 0 Å². The zero-order chi connectivity index (χ0) is 18.1. The van der Waals surface area contributed by atoms with E-state index in [1.165, 1.54) is 25.0 Å². The summed E-state index contributed by atoms with van der Waals surface area (Å²) in [4.78, 5) is 36.3. The van der Waals surface area contributed by atoms with Gasteiger partial charge in [0.05, 0.1) is 16.5 Å². The number of hydrogen-bond acceptors (Lipinski definition) is 5. The van der Waals surface area contributed by atoms with Gasteiger partial charge in [0.25, 0.3) is 0 Å². The maximum Gasteiger partial charge on any atom is 0.192 e. The van der Waals surface area contributed by atoms with Gasteiger partial charge in [0.2, 0.25) is 0 Å². The van der Waals surface area contributed by atoms with Gasteiger partial charge in [-0.1, -0.05) is 30.0 Å². The third-order valence-corrected chi connectivity index (χ3v) is 5.32. The third-order valence-electron chi connectivity index (χ3n) is 4.20. The molecule has 25 heavy (non-hydrogen) atoms. The van der Waals surface area contributed by atoms with Crippen LogP contribution >= 0.6 is 11.8 Å². The molecule has 2 aromatic heterocycles. The van der Waals surface area contributed by atoms with Crippen LogP contribution in [0.5, 0.6) is 0 Å². The molecular weight excluding hydrogens is 334 g/mol. The summed E-state index contributed by atoms with van der Waals surface area (Å²) in [6.07, 6.45) is 1.51. The SMILES string of the molecule is CC(=O)c1c(C)[nH]c(C(=O)[C@@H](C)Sc2ncnc3ccccc23)c1C. The second-order valence-corrected chi connectivity index (χ2v) is 7.33. The fourth-order valence-electron chi connectivity index (χ4n) is 3.02. The monoisotopic (exact) mass is 353 g/mol. The predicted molar refractivity (Wildman–Crippen MR) is 99.5 cm³/mol. The van der Waals surface area contributed by atoms with E-state index in [0.29, 0.717) is 11.3 Å². The van der Waals surface area contributed by atoms with Crippen LogP contribution in [0.4, 0.5) is 0 Å². The molecule has 1 atom stereocenters. The molecule has 0 aliphatic heterocycles. The van der Waals surface area contributed by atoms with Gasteiger partial charge in [0, 0.05) is 16.6 Å². The Morgan fingerprint density at radius 1 is 1.16 bits per heavy atom. The van der Waals surface area contributed by atoms with Crippen LogP contribution in [0.1, 0.15) is 46.0 Å². The fraction of sp³-hybridized carbons (Fsp3) is 0.263. The number of nitrogens with zero attached hydrogens (tertiary/aromatic N) is 2. The van der Waals surface area contributed by atoms with Crippen molar-refractivity contribution in [2.45, 2.75) is 38.0 Å². The van der Waals surface area contributed by atoms with E-state index in [9.17, 15) is 9.59 Å². The van der Waals surface area contributed by atoms with Crippen molar-refractivity contribution >= 4 is 34.2 Å². The van der Waals surface area contributed by atoms with E-state index in [2.05, 4.69) is 15.0 Å². The van der Waals surface area contributed by atoms with E-state index >= 15 is 0 Å². The van der Waals surface area contributed by atoms with Crippen molar-refractivity contribution in [2.75, 3.05) is 0 Å². The number of carbonyl (C=O) groups excluding carboxylic acids is 2. The van der Waals surface area contributed by atoms with Gasteiger partial charge in [-0.05, 0) is 39.3 Å². The van der Waals surface area contributed by atoms with Crippen molar-refractivity contribution in [1.82, 2.24) is 15.0 Å². The number of nitrogens with one attached hydrogen (secondary N) is 1. The summed E-state index contributed by atoms with van der Waals surface area (Å²) < 4.78 is 0. The Morgan fingerprint density at radius 2 is 1.88 bits per heavy atom. The quantitative estimate of drug-likeness (QED) is 0.424. The molecule has 0 spiro atoms. The summed E-state index contributed by atoms with van der Waals surface area (Å²) in [7, 11) is 0. The predicted octanol–water partition coefficient (Wildman–Crippen LogP) is 4.14. The maximum atomic E-state index is 12.9. The van der Waals surface area contributed by atoms with Gasteiger partial charge < -0.3 is 4.98 Å². The minimum atomic E-state index is -0.338. The van der Waals surface area contributed by atoms with Crippen LogP contribution in [0, 0.1) is 13.8 Å². The van der Waals surface area contributed by atoms with Crippen LogP contribution < -0.4 is 0 Å². The second-order valence-electron chi connectivity index (χ2n) is 6.00. The Kier molecular flexibility index (Phi) is 4.72. The van der Waals surface area contributed by atoms with Crippen molar-refractivity contribution in [2.24, 2.45) is 0 Å². The highest BCUT2D eigenvalue weighted by Crippen LogP contribution is 2.30. The molecule has 5 nitrogen and oxygen atoms in total. The lowest BCUT2D eigenvalue weighted by atomic mass is 10.0. The zero-order valence-corrected chi connectivity index (χ0v) is 15.4. The van der Waals surface area contributed by atoms with Crippen LogP contribution in [-0.2, 0) is 0 Å². The largest absolute Gasteiger partial charge is 0.355 e. The van der Waals surface area contributed by atoms with Crippen LogP contribution in [0.15, 0.2) is 35.6 Å². The van der Waals surface area contributed by atoms with Gasteiger partial charge in [-0.25, -0.2) is 9.97 Å². The van der Waals surface area contributed by atoms with E-state index in [1.54, 1.807) is 0 Å². The van der Waals surface area contributed by atoms with Crippen LogP contribution in [0.3, 0.4) is 0 Å². The number of fused-ring (bicyclic) bond motifs is 1. The summed E-state index contributed by atoms with van der Waals surface area (Å²) in [5.74, 6) is -0.0757. The summed E-state index contributed by atoms with van der Waals surface area (Å²) in [5.41, 5.74) is 3.41. The summed E-state index contributed by atoms with van der Waals surface area (Å²) in [6, 6.07) is 7.73. The Labute approximate surface area is 150 Å². The Bertz CT molecular complexity index is 973. The number of carbonyl (C=O) groups is 2. The van der Waals surface area contributed by atoms with Gasteiger partial charge >= 0.3 is 0 Å². The molecule has 6 heteroatoms. The fourth-order valence-corrected chi connectivity index (χ4v) is 3.99. The molecule has 0 unspecified atom stereocenters. The first-order valence-electron chi connectivity index (χ1n) is 8.01.